The molecule has 0 aromatic heterocycles. The fourth-order valence-electron chi connectivity index (χ4n) is 6.71. The Morgan fingerprint density at radius 1 is 1.00 bits per heavy atom. The van der Waals surface area contributed by atoms with Crippen LogP contribution in [0.2, 0.25) is 10.0 Å². The summed E-state index contributed by atoms with van der Waals surface area (Å²) in [5, 5.41) is 0.921. The Morgan fingerprint density at radius 3 is 2.31 bits per heavy atom. The van der Waals surface area contributed by atoms with E-state index in [0.717, 1.165) is 26.5 Å². The van der Waals surface area contributed by atoms with Crippen LogP contribution in [0.3, 0.4) is 0 Å². The van der Waals surface area contributed by atoms with Crippen LogP contribution in [0.5, 0.6) is 5.75 Å². The van der Waals surface area contributed by atoms with Gasteiger partial charge in [-0.15, -0.1) is 0 Å². The average Bonchev–Trinajstić information content (AvgIpc) is 3.48. The van der Waals surface area contributed by atoms with Gasteiger partial charge in [-0.05, 0) is 99.5 Å². The highest BCUT2D eigenvalue weighted by molar-refractivity contribution is 9.11. The van der Waals surface area contributed by atoms with E-state index in [1.807, 2.05) is 59.5 Å². The van der Waals surface area contributed by atoms with Gasteiger partial charge >= 0.3 is 0 Å². The molecule has 2 N–H and O–H groups in total. The number of nitrogens with zero attached hydrogens (tertiary/aromatic N) is 2. The number of rotatable bonds is 7. The molecule has 0 radical (unpaired) electrons. The number of ether oxygens (including phenoxy) is 1. The minimum atomic E-state index is -0.887. The third-order valence-electron chi connectivity index (χ3n) is 9.10. The van der Waals surface area contributed by atoms with Gasteiger partial charge < -0.3 is 15.4 Å². The molecule has 6 nitrogen and oxygen atoms in total. The normalized spacial score (nSPS) is 23.5. The molecule has 0 bridgehead atoms. The Hall–Kier alpha value is -2.10. The summed E-state index contributed by atoms with van der Waals surface area (Å²) in [5.74, 6) is 0.371. The zero-order valence-corrected chi connectivity index (χ0v) is 28.1. The van der Waals surface area contributed by atoms with E-state index in [1.54, 1.807) is 13.2 Å². The number of carbonyl (C=O) groups is 2. The Kier molecular flexibility index (Phi) is 9.60. The van der Waals surface area contributed by atoms with Gasteiger partial charge in [0.2, 0.25) is 5.91 Å². The Morgan fingerprint density at radius 2 is 1.69 bits per heavy atom. The van der Waals surface area contributed by atoms with Gasteiger partial charge in [0, 0.05) is 37.2 Å². The number of nitrogens with two attached hydrogens (primary N) is 1. The number of halogens is 4. The lowest BCUT2D eigenvalue weighted by atomic mass is 9.62. The summed E-state index contributed by atoms with van der Waals surface area (Å²) < 4.78 is 6.85. The van der Waals surface area contributed by atoms with Crippen molar-refractivity contribution in [2.24, 2.45) is 11.7 Å². The lowest BCUT2D eigenvalue weighted by Gasteiger charge is -2.49. The molecule has 0 saturated carbocycles. The third kappa shape index (κ3) is 5.85. The van der Waals surface area contributed by atoms with Crippen LogP contribution < -0.4 is 10.5 Å². The monoisotopic (exact) mass is 735 g/mol. The maximum Gasteiger partial charge on any atom is 0.253 e. The van der Waals surface area contributed by atoms with Crippen molar-refractivity contribution in [2.75, 3.05) is 33.3 Å². The number of hydrogen-bond donors (Lipinski definition) is 1. The molecule has 2 amide bonds. The summed E-state index contributed by atoms with van der Waals surface area (Å²) in [7, 11) is 1.60. The van der Waals surface area contributed by atoms with E-state index in [1.165, 1.54) is 0 Å². The predicted octanol–water partition coefficient (Wildman–Crippen LogP) is 7.29. The second kappa shape index (κ2) is 12.9. The van der Waals surface area contributed by atoms with Crippen molar-refractivity contribution < 1.29 is 14.3 Å². The fraction of sp³-hybridized carbons (Fsp3) is 0.375. The fourth-order valence-corrected chi connectivity index (χ4v) is 8.52. The third-order valence-corrected chi connectivity index (χ3v) is 11.0. The molecule has 42 heavy (non-hydrogen) atoms. The van der Waals surface area contributed by atoms with Crippen molar-refractivity contribution in [3.8, 4) is 5.75 Å². The van der Waals surface area contributed by atoms with E-state index in [-0.39, 0.29) is 29.7 Å². The highest BCUT2D eigenvalue weighted by atomic mass is 79.9. The van der Waals surface area contributed by atoms with Crippen molar-refractivity contribution in [1.82, 2.24) is 9.80 Å². The van der Waals surface area contributed by atoms with Crippen molar-refractivity contribution in [2.45, 2.75) is 37.1 Å². The maximum atomic E-state index is 13.5. The Balaban J connectivity index is 1.39. The smallest absolute Gasteiger partial charge is 0.253 e. The zero-order chi connectivity index (χ0) is 30.2. The first-order valence-electron chi connectivity index (χ1n) is 13.9. The number of carbonyl (C=O) groups excluding carboxylic acids is 2. The van der Waals surface area contributed by atoms with Crippen LogP contribution in [0.4, 0.5) is 0 Å². The van der Waals surface area contributed by atoms with E-state index in [2.05, 4.69) is 43.7 Å². The number of amides is 2. The van der Waals surface area contributed by atoms with E-state index in [4.69, 9.17) is 33.7 Å². The number of methoxy groups -OCH3 is 1. The van der Waals surface area contributed by atoms with Crippen molar-refractivity contribution in [3.05, 3.63) is 96.3 Å². The summed E-state index contributed by atoms with van der Waals surface area (Å²) in [5.41, 5.74) is 7.81. The van der Waals surface area contributed by atoms with Gasteiger partial charge in [0.15, 0.2) is 0 Å². The van der Waals surface area contributed by atoms with Crippen LogP contribution in [0.25, 0.3) is 0 Å². The molecule has 2 saturated heterocycles. The van der Waals surface area contributed by atoms with E-state index < -0.39 is 5.41 Å². The van der Waals surface area contributed by atoms with Crippen molar-refractivity contribution in [3.63, 3.8) is 0 Å². The molecule has 2 aliphatic heterocycles. The highest BCUT2D eigenvalue weighted by Crippen LogP contribution is 2.47. The number of primary amides is 1. The number of hydrogen-bond acceptors (Lipinski definition) is 4. The molecule has 3 aromatic carbocycles. The van der Waals surface area contributed by atoms with Crippen LogP contribution in [0.15, 0.2) is 69.6 Å². The molecule has 0 aliphatic carbocycles. The van der Waals surface area contributed by atoms with E-state index in [9.17, 15) is 9.59 Å². The SMILES string of the molecule is COc1c(Br)cc(C(=O)N2CCC(C(C)N3CCC(C(N)=O)(c4ccccc4)C(c4ccc(Cl)c(Cl)c4)C3)C2)cc1Br. The Bertz CT molecular complexity index is 1470. The molecule has 5 rings (SSSR count). The van der Waals surface area contributed by atoms with Gasteiger partial charge in [-0.3, -0.25) is 14.5 Å². The highest BCUT2D eigenvalue weighted by Gasteiger charge is 2.51. The first-order chi connectivity index (χ1) is 20.1. The average molecular weight is 738 g/mol. The standard InChI is InChI=1S/C32H33Br2Cl2N3O3/c1-19(21-10-12-39(17-21)30(40)22-14-25(33)29(42-2)26(34)15-22)38-13-11-32(31(37)41,23-6-4-3-5-7-23)24(18-38)20-8-9-27(35)28(36)16-20/h3-9,14-16,19,21,24H,10-13,17-18H2,1-2H3,(H2,37,41). The summed E-state index contributed by atoms with van der Waals surface area (Å²) in [6.07, 6.45) is 1.48. The van der Waals surface area contributed by atoms with Gasteiger partial charge in [-0.25, -0.2) is 0 Å². The van der Waals surface area contributed by atoms with Crippen LogP contribution >= 0.6 is 55.1 Å². The maximum absolute atomic E-state index is 13.5. The second-order valence-corrected chi connectivity index (χ2v) is 13.7. The van der Waals surface area contributed by atoms with Crippen LogP contribution in [0, 0.1) is 5.92 Å². The molecule has 2 fully saturated rings. The van der Waals surface area contributed by atoms with Gasteiger partial charge in [0.1, 0.15) is 5.75 Å². The van der Waals surface area contributed by atoms with E-state index >= 15 is 0 Å². The molecular weight excluding hydrogens is 705 g/mol. The molecule has 10 heteroatoms. The van der Waals surface area contributed by atoms with Gasteiger partial charge in [-0.1, -0.05) is 59.6 Å². The quantitative estimate of drug-likeness (QED) is 0.277. The molecule has 3 aromatic rings. The Labute approximate surface area is 273 Å². The summed E-state index contributed by atoms with van der Waals surface area (Å²) in [6.45, 7) is 4.91. The van der Waals surface area contributed by atoms with Gasteiger partial charge in [0.25, 0.3) is 5.91 Å². The largest absolute Gasteiger partial charge is 0.494 e. The van der Waals surface area contributed by atoms with Crippen LogP contribution in [0.1, 0.15) is 47.2 Å². The van der Waals surface area contributed by atoms with Crippen molar-refractivity contribution >= 4 is 66.9 Å². The van der Waals surface area contributed by atoms with Gasteiger partial charge in [-0.2, -0.15) is 0 Å². The first kappa shape index (κ1) is 31.3. The summed E-state index contributed by atoms with van der Waals surface area (Å²) in [6, 6.07) is 19.2. The minimum absolute atomic E-state index is 0.00194. The second-order valence-electron chi connectivity index (χ2n) is 11.2. The number of benzene rings is 3. The topological polar surface area (TPSA) is 75.9 Å². The van der Waals surface area contributed by atoms with Gasteiger partial charge in [0.05, 0.1) is 31.5 Å². The minimum Gasteiger partial charge on any atom is -0.494 e. The summed E-state index contributed by atoms with van der Waals surface area (Å²) in [4.78, 5) is 31.2. The molecule has 2 heterocycles. The molecule has 222 valence electrons. The molecule has 4 atom stereocenters. The first-order valence-corrected chi connectivity index (χ1v) is 16.3. The van der Waals surface area contributed by atoms with Crippen LogP contribution in [-0.2, 0) is 10.2 Å². The summed E-state index contributed by atoms with van der Waals surface area (Å²) >= 11 is 19.8. The predicted molar refractivity (Wildman–Crippen MR) is 175 cm³/mol. The lowest BCUT2D eigenvalue weighted by Crippen LogP contribution is -2.57. The number of likely N-dealkylation sites (tertiary alicyclic amines) is 2. The molecule has 2 aliphatic rings. The van der Waals surface area contributed by atoms with Crippen molar-refractivity contribution in [1.29, 1.82) is 0 Å². The molecular formula is C32H33Br2Cl2N3O3. The molecule has 4 unspecified atom stereocenters. The van der Waals surface area contributed by atoms with E-state index in [0.29, 0.717) is 54.0 Å². The van der Waals surface area contributed by atoms with Crippen LogP contribution in [-0.4, -0.2) is 60.9 Å². The lowest BCUT2D eigenvalue weighted by molar-refractivity contribution is -0.126. The zero-order valence-electron chi connectivity index (χ0n) is 23.5. The molecule has 0 spiro atoms. The number of piperidine rings is 1.